The Morgan fingerprint density at radius 1 is 1.40 bits per heavy atom. The van der Waals surface area contributed by atoms with E-state index < -0.39 is 5.97 Å². The molecule has 0 aliphatic heterocycles. The number of ether oxygens (including phenoxy) is 1. The zero-order valence-corrected chi connectivity index (χ0v) is 8.65. The quantitative estimate of drug-likeness (QED) is 0.370. The van der Waals surface area contributed by atoms with Crippen LogP contribution in [-0.2, 0) is 9.53 Å². The van der Waals surface area contributed by atoms with Gasteiger partial charge in [0.15, 0.2) is 0 Å². The van der Waals surface area contributed by atoms with E-state index in [1.165, 1.54) is 7.11 Å². The summed E-state index contributed by atoms with van der Waals surface area (Å²) in [5.41, 5.74) is 1.58. The number of methoxy groups -OCH3 is 1. The van der Waals surface area contributed by atoms with Crippen molar-refractivity contribution in [3.05, 3.63) is 47.1 Å². The van der Waals surface area contributed by atoms with Crippen molar-refractivity contribution >= 4 is 5.97 Å². The monoisotopic (exact) mass is 201 g/mol. The van der Waals surface area contributed by atoms with Crippen LogP contribution < -0.4 is 0 Å². The van der Waals surface area contributed by atoms with E-state index in [4.69, 9.17) is 5.26 Å². The lowest BCUT2D eigenvalue weighted by atomic mass is 10.1. The van der Waals surface area contributed by atoms with Crippen LogP contribution in [0.1, 0.15) is 6.92 Å². The van der Waals surface area contributed by atoms with Crippen molar-refractivity contribution < 1.29 is 9.53 Å². The van der Waals surface area contributed by atoms with E-state index in [0.29, 0.717) is 5.57 Å². The van der Waals surface area contributed by atoms with Gasteiger partial charge in [-0.2, -0.15) is 5.26 Å². The van der Waals surface area contributed by atoms with E-state index in [1.54, 1.807) is 18.2 Å². The van der Waals surface area contributed by atoms with Crippen LogP contribution in [0.2, 0.25) is 0 Å². The summed E-state index contributed by atoms with van der Waals surface area (Å²) in [6.45, 7) is 1.90. The van der Waals surface area contributed by atoms with Crippen LogP contribution in [0.3, 0.4) is 0 Å². The average Bonchev–Trinajstić information content (AvgIpc) is 2.44. The van der Waals surface area contributed by atoms with Crippen LogP contribution in [0, 0.1) is 11.3 Å². The Hall–Kier alpha value is -2.08. The summed E-state index contributed by atoms with van der Waals surface area (Å²) in [5.74, 6) is -0.608. The highest BCUT2D eigenvalue weighted by Crippen LogP contribution is 2.15. The molecule has 1 rings (SSSR count). The Morgan fingerprint density at radius 2 is 2.07 bits per heavy atom. The summed E-state index contributed by atoms with van der Waals surface area (Å²) in [6, 6.07) is 1.85. The van der Waals surface area contributed by atoms with Gasteiger partial charge in [0.1, 0.15) is 11.6 Å². The highest BCUT2D eigenvalue weighted by atomic mass is 16.5. The topological polar surface area (TPSA) is 50.1 Å². The maximum absolute atomic E-state index is 11.3. The second-order valence-electron chi connectivity index (χ2n) is 3.04. The van der Waals surface area contributed by atoms with E-state index in [0.717, 1.165) is 5.57 Å². The van der Waals surface area contributed by atoms with Gasteiger partial charge in [-0.25, -0.2) is 4.79 Å². The van der Waals surface area contributed by atoms with Crippen LogP contribution >= 0.6 is 0 Å². The highest BCUT2D eigenvalue weighted by Gasteiger charge is 2.12. The van der Waals surface area contributed by atoms with Gasteiger partial charge in [0, 0.05) is 0 Å². The summed E-state index contributed by atoms with van der Waals surface area (Å²) in [5, 5.41) is 8.87. The van der Waals surface area contributed by atoms with Gasteiger partial charge in [-0.3, -0.25) is 0 Å². The smallest absolute Gasteiger partial charge is 0.349 e. The van der Waals surface area contributed by atoms with Crippen molar-refractivity contribution in [3.8, 4) is 6.07 Å². The number of carbonyl (C=O) groups excluding carboxylic acids is 1. The van der Waals surface area contributed by atoms with E-state index in [1.807, 2.05) is 25.1 Å². The lowest BCUT2D eigenvalue weighted by Gasteiger charge is -2.00. The number of hydrogen-bond acceptors (Lipinski definition) is 3. The van der Waals surface area contributed by atoms with Crippen molar-refractivity contribution in [2.24, 2.45) is 0 Å². The third-order valence-electron chi connectivity index (χ3n) is 1.92. The van der Waals surface area contributed by atoms with Crippen molar-refractivity contribution in [2.45, 2.75) is 6.92 Å². The minimum absolute atomic E-state index is 0.0248. The fraction of sp³-hybridized carbons (Fsp3) is 0.167. The second kappa shape index (κ2) is 4.97. The molecule has 0 amide bonds. The van der Waals surface area contributed by atoms with Crippen LogP contribution in [0.4, 0.5) is 0 Å². The first-order valence-electron chi connectivity index (χ1n) is 4.44. The molecule has 3 heteroatoms. The molecule has 0 N–H and O–H groups in total. The molecular formula is C12H11NO2. The van der Waals surface area contributed by atoms with Gasteiger partial charge < -0.3 is 4.74 Å². The van der Waals surface area contributed by atoms with Crippen molar-refractivity contribution in [1.29, 1.82) is 5.26 Å². The summed E-state index contributed by atoms with van der Waals surface area (Å²) in [4.78, 5) is 11.3. The fourth-order valence-corrected chi connectivity index (χ4v) is 1.19. The predicted octanol–water partition coefficient (Wildman–Crippen LogP) is 2.05. The molecule has 0 heterocycles. The maximum atomic E-state index is 11.3. The van der Waals surface area contributed by atoms with Gasteiger partial charge in [-0.15, -0.1) is 0 Å². The largest absolute Gasteiger partial charge is 0.465 e. The minimum Gasteiger partial charge on any atom is -0.465 e. The van der Waals surface area contributed by atoms with Crippen LogP contribution in [0.25, 0.3) is 0 Å². The van der Waals surface area contributed by atoms with Crippen molar-refractivity contribution in [2.75, 3.05) is 7.11 Å². The van der Waals surface area contributed by atoms with Gasteiger partial charge in [-0.05, 0) is 12.5 Å². The van der Waals surface area contributed by atoms with Crippen LogP contribution in [-0.4, -0.2) is 13.1 Å². The molecule has 0 aromatic carbocycles. The standard InChI is InChI=1S/C12H11NO2/c1-9-5-3-4-6-10(7-9)11(8-13)12(14)15-2/h3-7H,1-2H3/b11-10-. The molecule has 3 nitrogen and oxygen atoms in total. The lowest BCUT2D eigenvalue weighted by molar-refractivity contribution is -0.135. The molecule has 0 spiro atoms. The zero-order chi connectivity index (χ0) is 11.3. The van der Waals surface area contributed by atoms with Crippen molar-refractivity contribution in [1.82, 2.24) is 0 Å². The number of rotatable bonds is 1. The third kappa shape index (κ3) is 2.68. The second-order valence-corrected chi connectivity index (χ2v) is 3.04. The molecule has 15 heavy (non-hydrogen) atoms. The molecule has 1 aliphatic carbocycles. The number of nitrogens with zero attached hydrogens (tertiary/aromatic N) is 1. The average molecular weight is 201 g/mol. The Balaban J connectivity index is 3.23. The molecular weight excluding hydrogens is 190 g/mol. The molecule has 76 valence electrons. The van der Waals surface area contributed by atoms with Crippen LogP contribution in [0.5, 0.6) is 0 Å². The zero-order valence-electron chi connectivity index (χ0n) is 8.65. The first-order valence-corrected chi connectivity index (χ1v) is 4.44. The molecule has 0 aromatic rings. The van der Waals surface area contributed by atoms with E-state index in [9.17, 15) is 4.79 Å². The van der Waals surface area contributed by atoms with Gasteiger partial charge >= 0.3 is 5.97 Å². The first kappa shape index (κ1) is 11.0. The summed E-state index contributed by atoms with van der Waals surface area (Å²) in [6.07, 6.45) is 9.02. The van der Waals surface area contributed by atoms with Crippen molar-refractivity contribution in [3.63, 3.8) is 0 Å². The summed E-state index contributed by atoms with van der Waals surface area (Å²) < 4.78 is 4.53. The lowest BCUT2D eigenvalue weighted by Crippen LogP contribution is -2.05. The van der Waals surface area contributed by atoms with E-state index in [-0.39, 0.29) is 5.57 Å². The Morgan fingerprint density at radius 3 is 2.67 bits per heavy atom. The SMILES string of the molecule is COC(=O)/C(C#N)=C1/C=CC=CC(C)=C1. The number of nitriles is 1. The van der Waals surface area contributed by atoms with Gasteiger partial charge in [0.2, 0.25) is 0 Å². The molecule has 0 fully saturated rings. The van der Waals surface area contributed by atoms with E-state index in [2.05, 4.69) is 4.74 Å². The number of hydrogen-bond donors (Lipinski definition) is 0. The van der Waals surface area contributed by atoms with Crippen LogP contribution in [0.15, 0.2) is 47.1 Å². The molecule has 0 saturated carbocycles. The molecule has 0 bridgehead atoms. The number of allylic oxidation sites excluding steroid dienone is 7. The molecule has 1 aliphatic rings. The molecule has 0 unspecified atom stereocenters. The number of carbonyl (C=O) groups is 1. The maximum Gasteiger partial charge on any atom is 0.349 e. The van der Waals surface area contributed by atoms with Gasteiger partial charge in [0.25, 0.3) is 0 Å². The Bertz CT molecular complexity index is 431. The molecule has 0 atom stereocenters. The first-order chi connectivity index (χ1) is 7.19. The fourth-order valence-electron chi connectivity index (χ4n) is 1.19. The Kier molecular flexibility index (Phi) is 3.64. The molecule has 0 saturated heterocycles. The Labute approximate surface area is 88.7 Å². The minimum atomic E-state index is -0.608. The normalized spacial score (nSPS) is 17.5. The predicted molar refractivity (Wildman–Crippen MR) is 56.7 cm³/mol. The summed E-state index contributed by atoms with van der Waals surface area (Å²) >= 11 is 0. The molecule has 0 radical (unpaired) electrons. The summed E-state index contributed by atoms with van der Waals surface area (Å²) in [7, 11) is 1.26. The third-order valence-corrected chi connectivity index (χ3v) is 1.92. The van der Waals surface area contributed by atoms with Gasteiger partial charge in [0.05, 0.1) is 7.11 Å². The van der Waals surface area contributed by atoms with Gasteiger partial charge in [-0.1, -0.05) is 36.0 Å². The number of esters is 1. The van der Waals surface area contributed by atoms with E-state index >= 15 is 0 Å². The highest BCUT2D eigenvalue weighted by molar-refractivity contribution is 5.94. The molecule has 0 aromatic heterocycles.